The lowest BCUT2D eigenvalue weighted by atomic mass is 10.2. The van der Waals surface area contributed by atoms with Crippen LogP contribution in [0.3, 0.4) is 0 Å². The van der Waals surface area contributed by atoms with Gasteiger partial charge in [-0.15, -0.1) is 11.3 Å². The minimum atomic E-state index is -2.77. The number of carbonyl (C=O) groups excluding carboxylic acids is 1. The Hall–Kier alpha value is -1.64. The lowest BCUT2D eigenvalue weighted by molar-refractivity contribution is 0.102. The third kappa shape index (κ3) is 3.22. The molecule has 0 aliphatic heterocycles. The van der Waals surface area contributed by atoms with Gasteiger partial charge in [0.2, 0.25) is 0 Å². The second-order valence-corrected chi connectivity index (χ2v) is 5.63. The molecule has 1 aromatic carbocycles. The Balaban J connectivity index is 2.18. The Labute approximate surface area is 118 Å². The molecule has 0 atom stereocenters. The minimum Gasteiger partial charge on any atom is -0.506 e. The largest absolute Gasteiger partial charge is 0.506 e. The number of nitrogens with one attached hydrogen (secondary N) is 1. The molecule has 0 saturated carbocycles. The SMILES string of the molecule is O=C(Nc1nc([SH](=O)=O)cs1)c1ccc(O)c(Cl)c1. The van der Waals surface area contributed by atoms with E-state index in [1.54, 1.807) is 0 Å². The van der Waals surface area contributed by atoms with Gasteiger partial charge in [-0.05, 0) is 18.2 Å². The summed E-state index contributed by atoms with van der Waals surface area (Å²) in [7, 11) is -2.77. The molecular weight excluding hydrogens is 312 g/mol. The first kappa shape index (κ1) is 13.8. The average Bonchev–Trinajstić information content (AvgIpc) is 2.81. The van der Waals surface area contributed by atoms with Gasteiger partial charge in [0.15, 0.2) is 20.9 Å². The topological polar surface area (TPSA) is 96.4 Å². The Morgan fingerprint density at radius 2 is 2.16 bits per heavy atom. The first-order chi connectivity index (χ1) is 8.97. The standard InChI is InChI=1S/C10H7ClN2O4S2/c11-6-3-5(1-2-7(6)14)9(15)13-10-12-8(4-18-10)19(16)17/h1-4,14,19H,(H,12,13,15). The number of halogens is 1. The van der Waals surface area contributed by atoms with E-state index in [1.165, 1.54) is 23.6 Å². The molecule has 100 valence electrons. The van der Waals surface area contributed by atoms with Crippen molar-refractivity contribution in [3.8, 4) is 5.75 Å². The van der Waals surface area contributed by atoms with E-state index in [-0.39, 0.29) is 26.5 Å². The molecule has 2 rings (SSSR count). The van der Waals surface area contributed by atoms with Gasteiger partial charge in [-0.2, -0.15) is 0 Å². The zero-order valence-corrected chi connectivity index (χ0v) is 11.6. The highest BCUT2D eigenvalue weighted by atomic mass is 35.5. The van der Waals surface area contributed by atoms with Crippen LogP contribution in [-0.4, -0.2) is 24.4 Å². The maximum atomic E-state index is 11.8. The van der Waals surface area contributed by atoms with Gasteiger partial charge in [0, 0.05) is 10.9 Å². The number of rotatable bonds is 3. The number of hydrogen-bond acceptors (Lipinski definition) is 6. The van der Waals surface area contributed by atoms with Gasteiger partial charge in [0.05, 0.1) is 5.02 Å². The normalized spacial score (nSPS) is 10.6. The van der Waals surface area contributed by atoms with Gasteiger partial charge in [0.25, 0.3) is 5.91 Å². The number of benzene rings is 1. The number of thiol groups is 1. The van der Waals surface area contributed by atoms with Crippen molar-refractivity contribution < 1.29 is 18.3 Å². The Morgan fingerprint density at radius 1 is 1.42 bits per heavy atom. The van der Waals surface area contributed by atoms with Gasteiger partial charge in [-0.1, -0.05) is 11.6 Å². The first-order valence-electron chi connectivity index (χ1n) is 4.87. The highest BCUT2D eigenvalue weighted by Gasteiger charge is 2.11. The molecule has 0 bridgehead atoms. The lowest BCUT2D eigenvalue weighted by Gasteiger charge is -2.03. The highest BCUT2D eigenvalue weighted by molar-refractivity contribution is 7.72. The van der Waals surface area contributed by atoms with Crippen LogP contribution in [0.1, 0.15) is 10.4 Å². The molecule has 0 spiro atoms. The van der Waals surface area contributed by atoms with Crippen molar-refractivity contribution in [3.63, 3.8) is 0 Å². The maximum Gasteiger partial charge on any atom is 0.257 e. The molecule has 0 fully saturated rings. The fourth-order valence-electron chi connectivity index (χ4n) is 1.22. The summed E-state index contributed by atoms with van der Waals surface area (Å²) in [6, 6.07) is 3.98. The molecule has 1 amide bonds. The number of nitrogens with zero attached hydrogens (tertiary/aromatic N) is 1. The molecule has 9 heteroatoms. The summed E-state index contributed by atoms with van der Waals surface area (Å²) in [5, 5.41) is 13.1. The summed E-state index contributed by atoms with van der Waals surface area (Å²) in [6.07, 6.45) is 0. The summed E-state index contributed by atoms with van der Waals surface area (Å²) in [6.45, 7) is 0. The quantitative estimate of drug-likeness (QED) is 0.749. The van der Waals surface area contributed by atoms with E-state index < -0.39 is 16.6 Å². The van der Waals surface area contributed by atoms with E-state index in [1.807, 2.05) is 0 Å². The van der Waals surface area contributed by atoms with E-state index >= 15 is 0 Å². The predicted molar refractivity (Wildman–Crippen MR) is 71.8 cm³/mol. The fraction of sp³-hybridized carbons (Fsp3) is 0. The van der Waals surface area contributed by atoms with Gasteiger partial charge >= 0.3 is 0 Å². The zero-order valence-electron chi connectivity index (χ0n) is 9.16. The first-order valence-corrected chi connectivity index (χ1v) is 7.30. The second-order valence-electron chi connectivity index (χ2n) is 3.39. The van der Waals surface area contributed by atoms with Gasteiger partial charge in [0.1, 0.15) is 5.75 Å². The molecule has 0 saturated heterocycles. The van der Waals surface area contributed by atoms with Crippen LogP contribution in [0.4, 0.5) is 5.13 Å². The minimum absolute atomic E-state index is 0.0510. The molecule has 6 nitrogen and oxygen atoms in total. The van der Waals surface area contributed by atoms with Crippen LogP contribution in [0.5, 0.6) is 5.75 Å². The van der Waals surface area contributed by atoms with Crippen LogP contribution in [0.15, 0.2) is 28.6 Å². The number of phenolic OH excluding ortho intramolecular Hbond substituents is 1. The van der Waals surface area contributed by atoms with Crippen molar-refractivity contribution >= 4 is 44.7 Å². The Kier molecular flexibility index (Phi) is 4.03. The van der Waals surface area contributed by atoms with Crippen LogP contribution in [0.25, 0.3) is 0 Å². The highest BCUT2D eigenvalue weighted by Crippen LogP contribution is 2.24. The fourth-order valence-corrected chi connectivity index (χ4v) is 2.73. The zero-order chi connectivity index (χ0) is 14.0. The number of anilines is 1. The summed E-state index contributed by atoms with van der Waals surface area (Å²) in [4.78, 5) is 15.5. The van der Waals surface area contributed by atoms with Crippen molar-refractivity contribution in [2.75, 3.05) is 5.32 Å². The molecule has 0 unspecified atom stereocenters. The molecule has 2 N–H and O–H groups in total. The number of carbonyl (C=O) groups is 1. The van der Waals surface area contributed by atoms with Gasteiger partial charge in [-0.3, -0.25) is 10.1 Å². The van der Waals surface area contributed by atoms with Crippen LogP contribution >= 0.6 is 22.9 Å². The molecule has 0 aliphatic carbocycles. The Morgan fingerprint density at radius 3 is 2.74 bits per heavy atom. The number of phenols is 1. The van der Waals surface area contributed by atoms with Crippen molar-refractivity contribution in [3.05, 3.63) is 34.2 Å². The van der Waals surface area contributed by atoms with Crippen LogP contribution in [-0.2, 0) is 10.7 Å². The molecule has 0 radical (unpaired) electrons. The lowest BCUT2D eigenvalue weighted by Crippen LogP contribution is -2.11. The summed E-state index contributed by atoms with van der Waals surface area (Å²) in [5.41, 5.74) is 0.228. The third-order valence-electron chi connectivity index (χ3n) is 2.11. The van der Waals surface area contributed by atoms with E-state index in [0.29, 0.717) is 0 Å². The number of amides is 1. The number of thiazole rings is 1. The van der Waals surface area contributed by atoms with Crippen LogP contribution in [0.2, 0.25) is 5.02 Å². The summed E-state index contributed by atoms with van der Waals surface area (Å²) in [5.74, 6) is -0.623. The maximum absolute atomic E-state index is 11.8. The molecule has 19 heavy (non-hydrogen) atoms. The van der Waals surface area contributed by atoms with Crippen molar-refractivity contribution in [2.24, 2.45) is 0 Å². The Bertz CT molecular complexity index is 703. The van der Waals surface area contributed by atoms with Gasteiger partial charge < -0.3 is 5.11 Å². The number of aromatic nitrogens is 1. The molecule has 0 aliphatic rings. The van der Waals surface area contributed by atoms with Gasteiger partial charge in [-0.25, -0.2) is 13.4 Å². The molecule has 2 aromatic rings. The monoisotopic (exact) mass is 318 g/mol. The van der Waals surface area contributed by atoms with E-state index in [0.717, 1.165) is 11.3 Å². The molecule has 1 aromatic heterocycles. The van der Waals surface area contributed by atoms with E-state index in [9.17, 15) is 18.3 Å². The van der Waals surface area contributed by atoms with Crippen LogP contribution in [0, 0.1) is 0 Å². The second kappa shape index (κ2) is 5.55. The molecular formula is C10H7ClN2O4S2. The summed E-state index contributed by atoms with van der Waals surface area (Å²) >= 11 is 6.68. The number of hydrogen-bond donors (Lipinski definition) is 3. The number of aromatic hydroxyl groups is 1. The van der Waals surface area contributed by atoms with Crippen molar-refractivity contribution in [1.82, 2.24) is 4.98 Å². The van der Waals surface area contributed by atoms with E-state index in [2.05, 4.69) is 10.3 Å². The summed E-state index contributed by atoms with van der Waals surface area (Å²) < 4.78 is 21.4. The van der Waals surface area contributed by atoms with Crippen molar-refractivity contribution in [1.29, 1.82) is 0 Å². The predicted octanol–water partition coefficient (Wildman–Crippen LogP) is 1.72. The third-order valence-corrected chi connectivity index (χ3v) is 3.95. The van der Waals surface area contributed by atoms with E-state index in [4.69, 9.17) is 11.6 Å². The average molecular weight is 319 g/mol. The molecule has 1 heterocycles. The van der Waals surface area contributed by atoms with Crippen molar-refractivity contribution in [2.45, 2.75) is 5.03 Å². The smallest absolute Gasteiger partial charge is 0.257 e. The van der Waals surface area contributed by atoms with Crippen LogP contribution < -0.4 is 5.32 Å².